The number of rotatable bonds is 3. The standard InChI is InChI=1S/C6H9N3O3S/c1-12-9-13-3-4(2-5(10)11)8-6(13)7/h3H,2H2,1H3,(H2,7,8)(H,10,11). The summed E-state index contributed by atoms with van der Waals surface area (Å²) in [6.07, 6.45) is -0.135. The Bertz CT molecular complexity index is 321. The molecule has 0 aliphatic carbocycles. The van der Waals surface area contributed by atoms with Gasteiger partial charge >= 0.3 is 5.97 Å². The smallest absolute Gasteiger partial charge is 0.309 e. The van der Waals surface area contributed by atoms with E-state index in [1.807, 2.05) is 0 Å². The minimum absolute atomic E-state index is 0.135. The first kappa shape index (κ1) is 9.87. The molecule has 6 nitrogen and oxygen atoms in total. The van der Waals surface area contributed by atoms with E-state index in [4.69, 9.17) is 10.8 Å². The number of aliphatic carboxylic acids is 1. The lowest BCUT2D eigenvalue weighted by Crippen LogP contribution is -2.13. The van der Waals surface area contributed by atoms with Gasteiger partial charge in [0.25, 0.3) is 0 Å². The number of carbonyl (C=O) groups is 1. The summed E-state index contributed by atoms with van der Waals surface area (Å²) in [6, 6.07) is 0. The Labute approximate surface area is 77.2 Å². The zero-order valence-electron chi connectivity index (χ0n) is 6.93. The number of carboxylic acid groups (broad SMARTS) is 1. The number of hydrogen-bond donors (Lipinski definition) is 2. The molecule has 1 atom stereocenters. The zero-order valence-corrected chi connectivity index (χ0v) is 7.74. The second-order valence-electron chi connectivity index (χ2n) is 2.20. The van der Waals surface area contributed by atoms with Crippen LogP contribution in [0.5, 0.6) is 0 Å². The van der Waals surface area contributed by atoms with E-state index in [2.05, 4.69) is 14.4 Å². The van der Waals surface area contributed by atoms with E-state index in [-0.39, 0.29) is 11.6 Å². The van der Waals surface area contributed by atoms with E-state index in [0.717, 1.165) is 0 Å². The van der Waals surface area contributed by atoms with Gasteiger partial charge in [0.15, 0.2) is 5.17 Å². The van der Waals surface area contributed by atoms with Gasteiger partial charge in [0.1, 0.15) is 0 Å². The Kier molecular flexibility index (Phi) is 3.15. The van der Waals surface area contributed by atoms with Crippen LogP contribution in [0.15, 0.2) is 20.6 Å². The van der Waals surface area contributed by atoms with E-state index in [1.165, 1.54) is 7.11 Å². The summed E-state index contributed by atoms with van der Waals surface area (Å²) in [6.45, 7) is 0. The molecule has 0 saturated carbocycles. The molecular formula is C6H9N3O3S. The molecule has 0 aromatic carbocycles. The third-order valence-corrected chi connectivity index (χ3v) is 2.53. The lowest BCUT2D eigenvalue weighted by molar-refractivity contribution is -0.136. The molecule has 0 aromatic rings. The number of hydrogen-bond acceptors (Lipinski definition) is 5. The van der Waals surface area contributed by atoms with Gasteiger partial charge in [0.2, 0.25) is 0 Å². The minimum atomic E-state index is -0.939. The normalized spacial score (nSPS) is 21.5. The first-order valence-electron chi connectivity index (χ1n) is 3.37. The van der Waals surface area contributed by atoms with E-state index in [0.29, 0.717) is 5.70 Å². The topological polar surface area (TPSA) is 97.3 Å². The quantitative estimate of drug-likeness (QED) is 0.630. The van der Waals surface area contributed by atoms with E-state index < -0.39 is 16.7 Å². The Balaban J connectivity index is 2.77. The highest BCUT2D eigenvalue weighted by Gasteiger charge is 2.14. The van der Waals surface area contributed by atoms with Gasteiger partial charge in [-0.3, -0.25) is 4.79 Å². The molecule has 13 heavy (non-hydrogen) atoms. The Morgan fingerprint density at radius 2 is 2.62 bits per heavy atom. The Morgan fingerprint density at radius 1 is 1.92 bits per heavy atom. The summed E-state index contributed by atoms with van der Waals surface area (Å²) in [5.74, 6) is -0.939. The maximum atomic E-state index is 10.3. The van der Waals surface area contributed by atoms with Crippen molar-refractivity contribution >= 4 is 21.8 Å². The van der Waals surface area contributed by atoms with Crippen LogP contribution in [0.4, 0.5) is 0 Å². The highest BCUT2D eigenvalue weighted by atomic mass is 32.2. The maximum absolute atomic E-state index is 10.3. The number of nitrogens with zero attached hydrogens (tertiary/aromatic N) is 2. The van der Waals surface area contributed by atoms with Gasteiger partial charge in [-0.1, -0.05) is 4.53 Å². The molecule has 0 amide bonds. The van der Waals surface area contributed by atoms with Crippen LogP contribution in [-0.2, 0) is 20.3 Å². The van der Waals surface area contributed by atoms with Gasteiger partial charge < -0.3 is 10.8 Å². The van der Waals surface area contributed by atoms with Gasteiger partial charge in [-0.05, 0) is 0 Å². The summed E-state index contributed by atoms with van der Waals surface area (Å²) >= 11 is 0. The van der Waals surface area contributed by atoms with Crippen LogP contribution < -0.4 is 5.73 Å². The highest BCUT2D eigenvalue weighted by molar-refractivity contribution is 8.05. The molecule has 1 unspecified atom stereocenters. The number of aliphatic imine (C=N–C) groups is 1. The first-order valence-corrected chi connectivity index (χ1v) is 4.62. The number of nitrogens with two attached hydrogens (primary N) is 1. The number of amidine groups is 1. The van der Waals surface area contributed by atoms with Crippen molar-refractivity contribution in [1.29, 1.82) is 0 Å². The van der Waals surface area contributed by atoms with Crippen molar-refractivity contribution in [3.63, 3.8) is 0 Å². The van der Waals surface area contributed by atoms with Crippen molar-refractivity contribution in [3.8, 4) is 0 Å². The van der Waals surface area contributed by atoms with Gasteiger partial charge in [0, 0.05) is 16.1 Å². The second kappa shape index (κ2) is 4.15. The molecule has 0 radical (unpaired) electrons. The zero-order chi connectivity index (χ0) is 9.84. The summed E-state index contributed by atoms with van der Waals surface area (Å²) in [7, 11) is 0.693. The fourth-order valence-corrected chi connectivity index (χ4v) is 1.79. The Hall–Kier alpha value is -1.21. The summed E-state index contributed by atoms with van der Waals surface area (Å²) in [5, 5.41) is 10.3. The van der Waals surface area contributed by atoms with Crippen LogP contribution >= 0.6 is 0 Å². The van der Waals surface area contributed by atoms with Crippen LogP contribution in [0, 0.1) is 0 Å². The molecular weight excluding hydrogens is 194 g/mol. The van der Waals surface area contributed by atoms with Gasteiger partial charge in [-0.2, -0.15) is 0 Å². The number of carboxylic acids is 1. The molecule has 0 aromatic heterocycles. The molecule has 0 saturated heterocycles. The maximum Gasteiger partial charge on any atom is 0.309 e. The first-order chi connectivity index (χ1) is 6.13. The van der Waals surface area contributed by atoms with Gasteiger partial charge in [-0.25, -0.2) is 9.83 Å². The van der Waals surface area contributed by atoms with Crippen molar-refractivity contribution in [2.75, 3.05) is 7.11 Å². The average Bonchev–Trinajstić information content (AvgIpc) is 2.31. The molecule has 1 rings (SSSR count). The third-order valence-electron chi connectivity index (χ3n) is 1.20. The Morgan fingerprint density at radius 3 is 3.15 bits per heavy atom. The highest BCUT2D eigenvalue weighted by Crippen LogP contribution is 2.14. The molecule has 72 valence electrons. The van der Waals surface area contributed by atoms with Crippen molar-refractivity contribution in [2.45, 2.75) is 6.42 Å². The molecule has 0 bridgehead atoms. The lowest BCUT2D eigenvalue weighted by atomic mass is 10.3. The monoisotopic (exact) mass is 203 g/mol. The summed E-state index contributed by atoms with van der Waals surface area (Å²) in [5.41, 5.74) is 5.90. The second-order valence-corrected chi connectivity index (χ2v) is 3.63. The molecule has 0 fully saturated rings. The molecule has 3 N–H and O–H groups in total. The average molecular weight is 203 g/mol. The van der Waals surface area contributed by atoms with Crippen LogP contribution in [0.3, 0.4) is 0 Å². The molecule has 0 spiro atoms. The lowest BCUT2D eigenvalue weighted by Gasteiger charge is -1.91. The summed E-state index contributed by atoms with van der Waals surface area (Å²) in [4.78, 5) is 18.7. The fraction of sp³-hybridized carbons (Fsp3) is 0.333. The van der Waals surface area contributed by atoms with Crippen LogP contribution in [0.2, 0.25) is 0 Å². The molecule has 1 aliphatic heterocycles. The van der Waals surface area contributed by atoms with Gasteiger partial charge in [0.05, 0.1) is 19.2 Å². The van der Waals surface area contributed by atoms with Gasteiger partial charge in [-0.15, -0.1) is 0 Å². The van der Waals surface area contributed by atoms with E-state index >= 15 is 0 Å². The molecule has 7 heteroatoms. The van der Waals surface area contributed by atoms with E-state index in [1.54, 1.807) is 5.41 Å². The third kappa shape index (κ3) is 2.63. The molecule has 1 aliphatic rings. The molecule has 1 heterocycles. The van der Waals surface area contributed by atoms with Crippen LogP contribution in [0.1, 0.15) is 6.42 Å². The summed E-state index contributed by atoms with van der Waals surface area (Å²) < 4.78 is 3.66. The largest absolute Gasteiger partial charge is 0.481 e. The van der Waals surface area contributed by atoms with Crippen molar-refractivity contribution in [3.05, 3.63) is 11.1 Å². The predicted octanol–water partition coefficient (Wildman–Crippen LogP) is -0.00590. The van der Waals surface area contributed by atoms with Crippen molar-refractivity contribution in [2.24, 2.45) is 15.3 Å². The fourth-order valence-electron chi connectivity index (χ4n) is 0.780. The van der Waals surface area contributed by atoms with Crippen LogP contribution in [0.25, 0.3) is 0 Å². The minimum Gasteiger partial charge on any atom is -0.481 e. The van der Waals surface area contributed by atoms with Crippen molar-refractivity contribution in [1.82, 2.24) is 0 Å². The van der Waals surface area contributed by atoms with Crippen LogP contribution in [-0.4, -0.2) is 23.4 Å². The van der Waals surface area contributed by atoms with E-state index in [9.17, 15) is 4.79 Å². The predicted molar refractivity (Wildman–Crippen MR) is 48.8 cm³/mol. The SMILES string of the molecule is CO/N=S1/C=C(CC(=O)O)N=C1N. The van der Waals surface area contributed by atoms with Crippen molar-refractivity contribution < 1.29 is 14.7 Å².